The van der Waals surface area contributed by atoms with Gasteiger partial charge in [-0.25, -0.2) is 4.98 Å². The van der Waals surface area contributed by atoms with Crippen LogP contribution < -0.4 is 0 Å². The minimum absolute atomic E-state index is 0.0777. The monoisotopic (exact) mass is 256 g/mol. The molecular weight excluding hydrogens is 244 g/mol. The number of benzene rings is 1. The van der Waals surface area contributed by atoms with E-state index in [4.69, 9.17) is 5.11 Å². The maximum absolute atomic E-state index is 10.9. The molecule has 0 unspecified atom stereocenters. The molecule has 0 aliphatic carbocycles. The van der Waals surface area contributed by atoms with Gasteiger partial charge in [0.1, 0.15) is 5.82 Å². The summed E-state index contributed by atoms with van der Waals surface area (Å²) in [4.78, 5) is 18.0. The molecule has 19 heavy (non-hydrogen) atoms. The summed E-state index contributed by atoms with van der Waals surface area (Å²) in [6, 6.07) is 7.61. The molecule has 3 rings (SSSR count). The lowest BCUT2D eigenvalue weighted by atomic mass is 10.2. The Morgan fingerprint density at radius 3 is 2.95 bits per heavy atom. The second kappa shape index (κ2) is 4.56. The van der Waals surface area contributed by atoms with Crippen molar-refractivity contribution in [2.75, 3.05) is 0 Å². The average Bonchev–Trinajstić information content (AvgIpc) is 2.99. The third-order valence-electron chi connectivity index (χ3n) is 2.91. The van der Waals surface area contributed by atoms with E-state index in [9.17, 15) is 4.79 Å². The largest absolute Gasteiger partial charge is 0.481 e. The van der Waals surface area contributed by atoms with Crippen LogP contribution in [0.1, 0.15) is 11.5 Å². The number of hydrogen-bond acceptors (Lipinski definition) is 3. The predicted octanol–water partition coefficient (Wildman–Crippen LogP) is 1.43. The fourth-order valence-electron chi connectivity index (χ4n) is 2.12. The van der Waals surface area contributed by atoms with Crippen LogP contribution in [-0.4, -0.2) is 30.8 Å². The Morgan fingerprint density at radius 1 is 1.37 bits per heavy atom. The van der Waals surface area contributed by atoms with Gasteiger partial charge in [-0.2, -0.15) is 5.10 Å². The first kappa shape index (κ1) is 11.5. The van der Waals surface area contributed by atoms with E-state index in [0.29, 0.717) is 12.2 Å². The Balaban J connectivity index is 2.06. The van der Waals surface area contributed by atoms with Crippen LogP contribution in [0.5, 0.6) is 0 Å². The second-order valence-electron chi connectivity index (χ2n) is 4.23. The molecule has 2 aromatic heterocycles. The van der Waals surface area contributed by atoms with Crippen LogP contribution >= 0.6 is 0 Å². The van der Waals surface area contributed by atoms with E-state index >= 15 is 0 Å². The van der Waals surface area contributed by atoms with Crippen LogP contribution in [0.3, 0.4) is 0 Å². The van der Waals surface area contributed by atoms with E-state index in [-0.39, 0.29) is 6.42 Å². The molecule has 0 radical (unpaired) electrons. The molecule has 0 amide bonds. The number of hydrogen-bond donors (Lipinski definition) is 2. The van der Waals surface area contributed by atoms with Crippen molar-refractivity contribution in [2.45, 2.75) is 13.0 Å². The number of fused-ring (bicyclic) bond motifs is 1. The third kappa shape index (κ3) is 2.20. The van der Waals surface area contributed by atoms with Gasteiger partial charge in [0.05, 0.1) is 24.2 Å². The quantitative estimate of drug-likeness (QED) is 0.739. The van der Waals surface area contributed by atoms with Gasteiger partial charge in [-0.15, -0.1) is 0 Å². The summed E-state index contributed by atoms with van der Waals surface area (Å²) < 4.78 is 1.77. The zero-order valence-corrected chi connectivity index (χ0v) is 10.1. The van der Waals surface area contributed by atoms with E-state index in [0.717, 1.165) is 16.7 Å². The molecule has 0 saturated heterocycles. The Labute approximate surface area is 108 Å². The second-order valence-corrected chi connectivity index (χ2v) is 4.23. The number of carbonyl (C=O) groups is 1. The highest BCUT2D eigenvalue weighted by Gasteiger charge is 2.13. The lowest BCUT2D eigenvalue weighted by molar-refractivity contribution is -0.136. The van der Waals surface area contributed by atoms with E-state index in [1.807, 2.05) is 24.3 Å². The van der Waals surface area contributed by atoms with Crippen molar-refractivity contribution >= 4 is 16.9 Å². The summed E-state index contributed by atoms with van der Waals surface area (Å²) in [5, 5.41) is 14.2. The van der Waals surface area contributed by atoms with Gasteiger partial charge in [0, 0.05) is 17.8 Å². The van der Waals surface area contributed by atoms with Crippen molar-refractivity contribution in [3.8, 4) is 0 Å². The topological polar surface area (TPSA) is 83.8 Å². The molecule has 0 aliphatic heterocycles. The van der Waals surface area contributed by atoms with Crippen LogP contribution in [0.2, 0.25) is 0 Å². The molecule has 96 valence electrons. The maximum Gasteiger partial charge on any atom is 0.309 e. The minimum Gasteiger partial charge on any atom is -0.481 e. The zero-order chi connectivity index (χ0) is 13.2. The summed E-state index contributed by atoms with van der Waals surface area (Å²) in [7, 11) is 0. The number of aromatic nitrogens is 4. The molecular formula is C13H12N4O2. The van der Waals surface area contributed by atoms with Gasteiger partial charge in [0.25, 0.3) is 0 Å². The van der Waals surface area contributed by atoms with Gasteiger partial charge in [0.15, 0.2) is 0 Å². The number of aliphatic carboxylic acids is 1. The number of carboxylic acid groups (broad SMARTS) is 1. The number of nitrogens with zero attached hydrogens (tertiary/aromatic N) is 3. The number of nitrogens with one attached hydrogen (secondary N) is 1. The van der Waals surface area contributed by atoms with E-state index in [1.54, 1.807) is 17.1 Å². The van der Waals surface area contributed by atoms with Crippen LogP contribution in [0, 0.1) is 0 Å². The number of imidazole rings is 1. The van der Waals surface area contributed by atoms with E-state index in [2.05, 4.69) is 15.1 Å². The highest BCUT2D eigenvalue weighted by Crippen LogP contribution is 2.19. The summed E-state index contributed by atoms with van der Waals surface area (Å²) >= 11 is 0. The van der Waals surface area contributed by atoms with Gasteiger partial charge in [-0.3, -0.25) is 9.48 Å². The van der Waals surface area contributed by atoms with Crippen molar-refractivity contribution in [2.24, 2.45) is 0 Å². The molecule has 0 fully saturated rings. The smallest absolute Gasteiger partial charge is 0.309 e. The van der Waals surface area contributed by atoms with Crippen molar-refractivity contribution in [3.05, 3.63) is 48.2 Å². The number of carboxylic acids is 1. The number of H-pyrrole nitrogens is 1. The molecule has 0 atom stereocenters. The van der Waals surface area contributed by atoms with Gasteiger partial charge < -0.3 is 10.1 Å². The first-order valence-electron chi connectivity index (χ1n) is 5.88. The third-order valence-corrected chi connectivity index (χ3v) is 2.91. The predicted molar refractivity (Wildman–Crippen MR) is 68.8 cm³/mol. The van der Waals surface area contributed by atoms with Crippen molar-refractivity contribution in [3.63, 3.8) is 0 Å². The molecule has 6 nitrogen and oxygen atoms in total. The first-order chi connectivity index (χ1) is 9.24. The lowest BCUT2D eigenvalue weighted by Crippen LogP contribution is -2.05. The summed E-state index contributed by atoms with van der Waals surface area (Å²) in [5.41, 5.74) is 1.49. The molecule has 0 aliphatic rings. The standard InChI is InChI=1S/C13H12N4O2/c18-13(19)7-10-9-3-1-2-4-11(9)17(16-10)8-12-14-5-6-15-12/h1-6H,7-8H2,(H,14,15)(H,18,19). The van der Waals surface area contributed by atoms with Gasteiger partial charge in [-0.1, -0.05) is 18.2 Å². The fourth-order valence-corrected chi connectivity index (χ4v) is 2.12. The minimum atomic E-state index is -0.881. The van der Waals surface area contributed by atoms with Crippen LogP contribution in [0.25, 0.3) is 10.9 Å². The van der Waals surface area contributed by atoms with Crippen molar-refractivity contribution in [1.82, 2.24) is 19.7 Å². The molecule has 2 N–H and O–H groups in total. The van der Waals surface area contributed by atoms with Gasteiger partial charge in [0.2, 0.25) is 0 Å². The molecule has 3 aromatic rings. The fraction of sp³-hybridized carbons (Fsp3) is 0.154. The molecule has 0 bridgehead atoms. The SMILES string of the molecule is O=C(O)Cc1nn(Cc2ncc[nH]2)c2ccccc12. The van der Waals surface area contributed by atoms with E-state index < -0.39 is 5.97 Å². The molecule has 6 heteroatoms. The Bertz CT molecular complexity index is 715. The number of aromatic amines is 1. The Hall–Kier alpha value is -2.63. The van der Waals surface area contributed by atoms with Crippen LogP contribution in [0.4, 0.5) is 0 Å². The number of rotatable bonds is 4. The zero-order valence-electron chi connectivity index (χ0n) is 10.1. The molecule has 1 aromatic carbocycles. The molecule has 2 heterocycles. The van der Waals surface area contributed by atoms with Gasteiger partial charge >= 0.3 is 5.97 Å². The summed E-state index contributed by atoms with van der Waals surface area (Å²) in [6.45, 7) is 0.493. The molecule has 0 saturated carbocycles. The normalized spacial score (nSPS) is 10.9. The van der Waals surface area contributed by atoms with Gasteiger partial charge in [-0.05, 0) is 6.07 Å². The molecule has 0 spiro atoms. The highest BCUT2D eigenvalue weighted by atomic mass is 16.4. The Morgan fingerprint density at radius 2 is 2.21 bits per heavy atom. The summed E-state index contributed by atoms with van der Waals surface area (Å²) in [5.74, 6) is -0.0940. The van der Waals surface area contributed by atoms with Crippen molar-refractivity contribution in [1.29, 1.82) is 0 Å². The van der Waals surface area contributed by atoms with Crippen LogP contribution in [0.15, 0.2) is 36.7 Å². The van der Waals surface area contributed by atoms with Crippen LogP contribution in [-0.2, 0) is 17.8 Å². The van der Waals surface area contributed by atoms with E-state index in [1.165, 1.54) is 0 Å². The average molecular weight is 256 g/mol. The Kier molecular flexibility index (Phi) is 2.75. The number of para-hydroxylation sites is 1. The lowest BCUT2D eigenvalue weighted by Gasteiger charge is -1.99. The highest BCUT2D eigenvalue weighted by molar-refractivity contribution is 5.85. The maximum atomic E-state index is 10.9. The van der Waals surface area contributed by atoms with Crippen molar-refractivity contribution < 1.29 is 9.90 Å². The summed E-state index contributed by atoms with van der Waals surface area (Å²) in [6.07, 6.45) is 3.35. The first-order valence-corrected chi connectivity index (χ1v) is 5.88.